The Kier molecular flexibility index (Phi) is 2.91. The van der Waals surface area contributed by atoms with Gasteiger partial charge in [0, 0.05) is 0 Å². The van der Waals surface area contributed by atoms with Crippen molar-refractivity contribution < 1.29 is 15.0 Å². The summed E-state index contributed by atoms with van der Waals surface area (Å²) >= 11 is 0. The largest absolute Gasteiger partial charge is 0.481 e. The van der Waals surface area contributed by atoms with E-state index in [4.69, 9.17) is 5.11 Å². The van der Waals surface area contributed by atoms with Crippen molar-refractivity contribution in [1.29, 1.82) is 0 Å². The molecule has 0 spiro atoms. The molecule has 1 rings (SSSR count). The van der Waals surface area contributed by atoms with Crippen LogP contribution < -0.4 is 0 Å². The van der Waals surface area contributed by atoms with Crippen molar-refractivity contribution in [2.75, 3.05) is 0 Å². The summed E-state index contributed by atoms with van der Waals surface area (Å²) in [6.07, 6.45) is 0. The lowest BCUT2D eigenvalue weighted by atomic mass is 9.85. The van der Waals surface area contributed by atoms with Crippen LogP contribution in [-0.2, 0) is 4.79 Å². The van der Waals surface area contributed by atoms with Gasteiger partial charge in [0.05, 0.1) is 5.60 Å². The molecule has 1 aromatic carbocycles. The van der Waals surface area contributed by atoms with Gasteiger partial charge >= 0.3 is 5.97 Å². The number of carboxylic acids is 1. The summed E-state index contributed by atoms with van der Waals surface area (Å²) in [5.74, 6) is -1.90. The van der Waals surface area contributed by atoms with Gasteiger partial charge in [-0.3, -0.25) is 4.79 Å². The van der Waals surface area contributed by atoms with Crippen LogP contribution >= 0.6 is 0 Å². The quantitative estimate of drug-likeness (QED) is 0.768. The number of benzene rings is 1. The van der Waals surface area contributed by atoms with Crippen LogP contribution in [0.2, 0.25) is 0 Å². The van der Waals surface area contributed by atoms with Crippen LogP contribution in [0.4, 0.5) is 0 Å². The normalized spacial score (nSPS) is 13.6. The lowest BCUT2D eigenvalue weighted by Gasteiger charge is -2.25. The molecule has 0 fully saturated rings. The predicted octanol–water partition coefficient (Wildman–Crippen LogP) is 1.63. The highest BCUT2D eigenvalue weighted by molar-refractivity contribution is 5.77. The van der Waals surface area contributed by atoms with Gasteiger partial charge in [-0.15, -0.1) is 0 Å². The zero-order valence-corrected chi connectivity index (χ0v) is 8.27. The van der Waals surface area contributed by atoms with Gasteiger partial charge < -0.3 is 10.2 Å². The fraction of sp³-hybridized carbons (Fsp3) is 0.364. The predicted molar refractivity (Wildman–Crippen MR) is 53.1 cm³/mol. The minimum absolute atomic E-state index is 0.618. The second kappa shape index (κ2) is 3.80. The van der Waals surface area contributed by atoms with Crippen LogP contribution in [0, 0.1) is 0 Å². The number of hydrogen-bond acceptors (Lipinski definition) is 2. The lowest BCUT2D eigenvalue weighted by molar-refractivity contribution is -0.144. The number of hydrogen-bond donors (Lipinski definition) is 2. The summed E-state index contributed by atoms with van der Waals surface area (Å²) in [5.41, 5.74) is -0.639. The van der Waals surface area contributed by atoms with Gasteiger partial charge in [0.2, 0.25) is 0 Å². The molecule has 0 radical (unpaired) electrons. The first-order valence-corrected chi connectivity index (χ1v) is 4.43. The molecule has 0 aliphatic carbocycles. The Morgan fingerprint density at radius 3 is 2.14 bits per heavy atom. The first-order chi connectivity index (χ1) is 6.43. The molecule has 0 bridgehead atoms. The third kappa shape index (κ3) is 2.33. The van der Waals surface area contributed by atoms with E-state index in [1.165, 1.54) is 13.8 Å². The van der Waals surface area contributed by atoms with Crippen molar-refractivity contribution in [2.24, 2.45) is 0 Å². The van der Waals surface area contributed by atoms with Crippen molar-refractivity contribution >= 4 is 5.97 Å². The molecular weight excluding hydrogens is 180 g/mol. The fourth-order valence-electron chi connectivity index (χ4n) is 1.50. The Labute approximate surface area is 83.0 Å². The first-order valence-electron chi connectivity index (χ1n) is 4.43. The van der Waals surface area contributed by atoms with Crippen LogP contribution in [0.3, 0.4) is 0 Å². The third-order valence-corrected chi connectivity index (χ3v) is 2.09. The molecular formula is C11H14O3. The van der Waals surface area contributed by atoms with Gasteiger partial charge in [-0.05, 0) is 19.4 Å². The van der Waals surface area contributed by atoms with Gasteiger partial charge in [-0.1, -0.05) is 30.3 Å². The maximum Gasteiger partial charge on any atom is 0.313 e. The van der Waals surface area contributed by atoms with Crippen molar-refractivity contribution in [3.63, 3.8) is 0 Å². The fourth-order valence-corrected chi connectivity index (χ4v) is 1.50. The minimum Gasteiger partial charge on any atom is -0.481 e. The van der Waals surface area contributed by atoms with Gasteiger partial charge in [0.15, 0.2) is 0 Å². The summed E-state index contributed by atoms with van der Waals surface area (Å²) in [6.45, 7) is 3.00. The molecule has 0 aliphatic rings. The molecule has 14 heavy (non-hydrogen) atoms. The van der Waals surface area contributed by atoms with E-state index in [9.17, 15) is 9.90 Å². The van der Waals surface area contributed by atoms with E-state index in [0.717, 1.165) is 0 Å². The Balaban J connectivity index is 3.08. The van der Waals surface area contributed by atoms with Gasteiger partial charge in [-0.25, -0.2) is 0 Å². The standard InChI is InChI=1S/C11H14O3/c1-11(2,14)9(10(12)13)8-6-4-3-5-7-8/h3-7,9,14H,1-2H3,(H,12,13)/t9-/m1/s1. The molecule has 0 heterocycles. The van der Waals surface area contributed by atoms with Crippen LogP contribution in [-0.4, -0.2) is 21.8 Å². The molecule has 3 nitrogen and oxygen atoms in total. The molecule has 0 unspecified atom stereocenters. The zero-order chi connectivity index (χ0) is 10.8. The molecule has 3 heteroatoms. The van der Waals surface area contributed by atoms with E-state index in [2.05, 4.69) is 0 Å². The van der Waals surface area contributed by atoms with E-state index in [1.807, 2.05) is 6.07 Å². The Morgan fingerprint density at radius 2 is 1.79 bits per heavy atom. The highest BCUT2D eigenvalue weighted by Crippen LogP contribution is 2.27. The smallest absolute Gasteiger partial charge is 0.313 e. The van der Waals surface area contributed by atoms with Gasteiger partial charge in [0.25, 0.3) is 0 Å². The van der Waals surface area contributed by atoms with Crippen molar-refractivity contribution in [2.45, 2.75) is 25.4 Å². The molecule has 0 aliphatic heterocycles. The van der Waals surface area contributed by atoms with Gasteiger partial charge in [-0.2, -0.15) is 0 Å². The molecule has 2 N–H and O–H groups in total. The molecule has 0 aromatic heterocycles. The maximum absolute atomic E-state index is 11.0. The summed E-state index contributed by atoms with van der Waals surface area (Å²) in [5, 5.41) is 18.7. The summed E-state index contributed by atoms with van der Waals surface area (Å²) < 4.78 is 0. The summed E-state index contributed by atoms with van der Waals surface area (Å²) in [6, 6.07) is 8.74. The van der Waals surface area contributed by atoms with Crippen LogP contribution in [0.5, 0.6) is 0 Å². The highest BCUT2D eigenvalue weighted by Gasteiger charge is 2.34. The lowest BCUT2D eigenvalue weighted by Crippen LogP contribution is -2.34. The van der Waals surface area contributed by atoms with Crippen LogP contribution in [0.15, 0.2) is 30.3 Å². The van der Waals surface area contributed by atoms with Crippen LogP contribution in [0.1, 0.15) is 25.3 Å². The molecule has 1 aromatic rings. The zero-order valence-electron chi connectivity index (χ0n) is 8.27. The molecule has 0 saturated carbocycles. The minimum atomic E-state index is -1.26. The average molecular weight is 194 g/mol. The monoisotopic (exact) mass is 194 g/mol. The SMILES string of the molecule is CC(C)(O)[C@@H](C(=O)O)c1ccccc1. The van der Waals surface area contributed by atoms with E-state index in [1.54, 1.807) is 24.3 Å². The average Bonchev–Trinajstić information content (AvgIpc) is 2.02. The number of rotatable bonds is 3. The van der Waals surface area contributed by atoms with Crippen molar-refractivity contribution in [1.82, 2.24) is 0 Å². The first kappa shape index (κ1) is 10.7. The Hall–Kier alpha value is -1.35. The van der Waals surface area contributed by atoms with E-state index in [0.29, 0.717) is 5.56 Å². The van der Waals surface area contributed by atoms with Gasteiger partial charge in [0.1, 0.15) is 5.92 Å². The number of aliphatic hydroxyl groups is 1. The Morgan fingerprint density at radius 1 is 1.29 bits per heavy atom. The second-order valence-corrected chi connectivity index (χ2v) is 3.84. The van der Waals surface area contributed by atoms with Crippen molar-refractivity contribution in [3.05, 3.63) is 35.9 Å². The van der Waals surface area contributed by atoms with E-state index >= 15 is 0 Å². The Bertz CT molecular complexity index is 311. The summed E-state index contributed by atoms with van der Waals surface area (Å²) in [4.78, 5) is 11.0. The number of carboxylic acid groups (broad SMARTS) is 1. The molecule has 0 saturated heterocycles. The molecule has 76 valence electrons. The van der Waals surface area contributed by atoms with Crippen molar-refractivity contribution in [3.8, 4) is 0 Å². The topological polar surface area (TPSA) is 57.5 Å². The van der Waals surface area contributed by atoms with Crippen LogP contribution in [0.25, 0.3) is 0 Å². The highest BCUT2D eigenvalue weighted by atomic mass is 16.4. The summed E-state index contributed by atoms with van der Waals surface area (Å²) in [7, 11) is 0. The second-order valence-electron chi connectivity index (χ2n) is 3.84. The molecule has 0 amide bonds. The molecule has 1 atom stereocenters. The maximum atomic E-state index is 11.0. The third-order valence-electron chi connectivity index (χ3n) is 2.09. The number of carbonyl (C=O) groups is 1. The number of aliphatic carboxylic acids is 1. The van der Waals surface area contributed by atoms with E-state index in [-0.39, 0.29) is 0 Å². The van der Waals surface area contributed by atoms with E-state index < -0.39 is 17.5 Å².